The van der Waals surface area contributed by atoms with Gasteiger partial charge in [-0.3, -0.25) is 10.0 Å². The lowest BCUT2D eigenvalue weighted by molar-refractivity contribution is -0.139. The zero-order valence-electron chi connectivity index (χ0n) is 12.9. The van der Waals surface area contributed by atoms with E-state index in [1.54, 1.807) is 12.6 Å². The standard InChI is InChI=1S/C16H20N2O5/c1-21-13-7-6-10(8-14(13)22-11-4-2-3-5-11)12-9-15(23-18-12)16(19)17-20/h6-8,11,15,20H,2-5,9H2,1H3,(H,17,19)/t15-/m0/s1. The maximum Gasteiger partial charge on any atom is 0.287 e. The first-order valence-corrected chi connectivity index (χ1v) is 7.73. The first kappa shape index (κ1) is 15.6. The molecule has 7 nitrogen and oxygen atoms in total. The van der Waals surface area contributed by atoms with E-state index < -0.39 is 12.0 Å². The Hall–Kier alpha value is -2.28. The molecule has 23 heavy (non-hydrogen) atoms. The summed E-state index contributed by atoms with van der Waals surface area (Å²) in [5, 5.41) is 12.6. The van der Waals surface area contributed by atoms with E-state index in [0.29, 0.717) is 23.6 Å². The SMILES string of the molecule is COc1ccc(C2=NO[C@H](C(=O)NO)C2)cc1OC1CCCC1. The number of amides is 1. The number of carbonyl (C=O) groups excluding carboxylic acids is 1. The smallest absolute Gasteiger partial charge is 0.287 e. The van der Waals surface area contributed by atoms with Crippen LogP contribution in [0, 0.1) is 0 Å². The molecule has 0 aromatic heterocycles. The molecule has 0 saturated heterocycles. The van der Waals surface area contributed by atoms with Crippen molar-refractivity contribution in [3.8, 4) is 11.5 Å². The molecule has 3 rings (SSSR count). The van der Waals surface area contributed by atoms with Crippen molar-refractivity contribution >= 4 is 11.6 Å². The number of hydrogen-bond acceptors (Lipinski definition) is 6. The van der Waals surface area contributed by atoms with E-state index in [1.165, 1.54) is 12.8 Å². The summed E-state index contributed by atoms with van der Waals surface area (Å²) in [5.41, 5.74) is 3.02. The second-order valence-corrected chi connectivity index (χ2v) is 5.70. The minimum Gasteiger partial charge on any atom is -0.493 e. The number of rotatable bonds is 5. The third kappa shape index (κ3) is 3.39. The summed E-state index contributed by atoms with van der Waals surface area (Å²) in [4.78, 5) is 16.4. The van der Waals surface area contributed by atoms with E-state index in [9.17, 15) is 4.79 Å². The van der Waals surface area contributed by atoms with Gasteiger partial charge in [-0.1, -0.05) is 5.16 Å². The van der Waals surface area contributed by atoms with Gasteiger partial charge in [0, 0.05) is 12.0 Å². The molecule has 1 heterocycles. The number of nitrogens with one attached hydrogen (secondary N) is 1. The van der Waals surface area contributed by atoms with Crippen LogP contribution in [0.2, 0.25) is 0 Å². The van der Waals surface area contributed by atoms with Gasteiger partial charge in [0.1, 0.15) is 0 Å². The molecule has 2 N–H and O–H groups in total. The topological polar surface area (TPSA) is 89.4 Å². The largest absolute Gasteiger partial charge is 0.493 e. The Morgan fingerprint density at radius 1 is 1.35 bits per heavy atom. The van der Waals surface area contributed by atoms with Crippen molar-refractivity contribution in [1.82, 2.24) is 5.48 Å². The van der Waals surface area contributed by atoms with Crippen LogP contribution >= 0.6 is 0 Å². The van der Waals surface area contributed by atoms with E-state index in [-0.39, 0.29) is 6.10 Å². The third-order valence-corrected chi connectivity index (χ3v) is 4.16. The van der Waals surface area contributed by atoms with Gasteiger partial charge in [-0.25, -0.2) is 5.48 Å². The first-order chi connectivity index (χ1) is 11.2. The summed E-state index contributed by atoms with van der Waals surface area (Å²) in [5.74, 6) is 0.735. The highest BCUT2D eigenvalue weighted by Crippen LogP contribution is 2.33. The van der Waals surface area contributed by atoms with E-state index >= 15 is 0 Å². The van der Waals surface area contributed by atoms with Crippen LogP contribution in [0.5, 0.6) is 11.5 Å². The van der Waals surface area contributed by atoms with Gasteiger partial charge in [-0.05, 0) is 43.9 Å². The molecule has 1 aliphatic carbocycles. The van der Waals surface area contributed by atoms with E-state index in [2.05, 4.69) is 5.16 Å². The summed E-state index contributed by atoms with van der Waals surface area (Å²) < 4.78 is 11.4. The first-order valence-electron chi connectivity index (χ1n) is 7.73. The number of carbonyl (C=O) groups is 1. The highest BCUT2D eigenvalue weighted by Gasteiger charge is 2.29. The molecular weight excluding hydrogens is 300 g/mol. The van der Waals surface area contributed by atoms with Crippen LogP contribution < -0.4 is 15.0 Å². The zero-order chi connectivity index (χ0) is 16.2. The predicted octanol–water partition coefficient (Wildman–Crippen LogP) is 2.01. The fraction of sp³-hybridized carbons (Fsp3) is 0.500. The van der Waals surface area contributed by atoms with Crippen LogP contribution in [0.25, 0.3) is 0 Å². The fourth-order valence-electron chi connectivity index (χ4n) is 2.89. The minimum absolute atomic E-state index is 0.217. The van der Waals surface area contributed by atoms with Crippen molar-refractivity contribution in [2.24, 2.45) is 5.16 Å². The van der Waals surface area contributed by atoms with Crippen LogP contribution in [-0.2, 0) is 9.63 Å². The van der Waals surface area contributed by atoms with Gasteiger partial charge in [0.2, 0.25) is 6.10 Å². The van der Waals surface area contributed by atoms with Crippen molar-refractivity contribution in [1.29, 1.82) is 0 Å². The molecule has 0 bridgehead atoms. The van der Waals surface area contributed by atoms with E-state index in [0.717, 1.165) is 18.4 Å². The van der Waals surface area contributed by atoms with Crippen LogP contribution in [-0.4, -0.2) is 36.1 Å². The summed E-state index contributed by atoms with van der Waals surface area (Å²) in [6.45, 7) is 0. The lowest BCUT2D eigenvalue weighted by Gasteiger charge is -2.16. The average molecular weight is 320 g/mol. The van der Waals surface area contributed by atoms with Crippen molar-refractivity contribution in [2.45, 2.75) is 44.3 Å². The lowest BCUT2D eigenvalue weighted by atomic mass is 10.0. The molecule has 1 fully saturated rings. The molecule has 1 aliphatic heterocycles. The highest BCUT2D eigenvalue weighted by atomic mass is 16.7. The van der Waals surface area contributed by atoms with Gasteiger partial charge in [0.25, 0.3) is 5.91 Å². The molecule has 0 unspecified atom stereocenters. The molecule has 1 atom stereocenters. The lowest BCUT2D eigenvalue weighted by Crippen LogP contribution is -2.32. The maximum atomic E-state index is 11.4. The molecule has 1 aromatic carbocycles. The number of hydrogen-bond donors (Lipinski definition) is 2. The monoisotopic (exact) mass is 320 g/mol. The van der Waals surface area contributed by atoms with Crippen molar-refractivity contribution in [3.63, 3.8) is 0 Å². The number of hydroxylamine groups is 1. The Morgan fingerprint density at radius 2 is 2.13 bits per heavy atom. The molecule has 0 spiro atoms. The van der Waals surface area contributed by atoms with Crippen LogP contribution in [0.1, 0.15) is 37.7 Å². The Labute approximate surface area is 134 Å². The van der Waals surface area contributed by atoms with Crippen LogP contribution in [0.4, 0.5) is 0 Å². The van der Waals surface area contributed by atoms with Crippen molar-refractivity contribution in [2.75, 3.05) is 7.11 Å². The second-order valence-electron chi connectivity index (χ2n) is 5.70. The second kappa shape index (κ2) is 6.87. The van der Waals surface area contributed by atoms with E-state index in [1.807, 2.05) is 18.2 Å². The summed E-state index contributed by atoms with van der Waals surface area (Å²) in [7, 11) is 1.61. The Morgan fingerprint density at radius 3 is 2.83 bits per heavy atom. The molecule has 1 saturated carbocycles. The fourth-order valence-corrected chi connectivity index (χ4v) is 2.89. The van der Waals surface area contributed by atoms with E-state index in [4.69, 9.17) is 19.5 Å². The van der Waals surface area contributed by atoms with Gasteiger partial charge in [-0.2, -0.15) is 0 Å². The van der Waals surface area contributed by atoms with Gasteiger partial charge >= 0.3 is 0 Å². The third-order valence-electron chi connectivity index (χ3n) is 4.16. The minimum atomic E-state index is -0.809. The number of oxime groups is 1. The molecule has 2 aliphatic rings. The highest BCUT2D eigenvalue weighted by molar-refractivity contribution is 6.04. The molecule has 1 amide bonds. The van der Waals surface area contributed by atoms with Crippen molar-refractivity contribution < 1.29 is 24.3 Å². The molecule has 1 aromatic rings. The number of ether oxygens (including phenoxy) is 2. The molecular formula is C16H20N2O5. The van der Waals surface area contributed by atoms with Crippen molar-refractivity contribution in [3.05, 3.63) is 23.8 Å². The summed E-state index contributed by atoms with van der Waals surface area (Å²) in [6.07, 6.45) is 4.18. The summed E-state index contributed by atoms with van der Waals surface area (Å²) in [6, 6.07) is 5.53. The summed E-state index contributed by atoms with van der Waals surface area (Å²) >= 11 is 0. The Balaban J connectivity index is 1.76. The zero-order valence-corrected chi connectivity index (χ0v) is 12.9. The molecule has 7 heteroatoms. The van der Waals surface area contributed by atoms with Crippen LogP contribution in [0.15, 0.2) is 23.4 Å². The number of benzene rings is 1. The van der Waals surface area contributed by atoms with Gasteiger partial charge < -0.3 is 14.3 Å². The Bertz CT molecular complexity index is 610. The Kier molecular flexibility index (Phi) is 4.66. The maximum absolute atomic E-state index is 11.4. The van der Waals surface area contributed by atoms with Crippen LogP contribution in [0.3, 0.4) is 0 Å². The average Bonchev–Trinajstić information content (AvgIpc) is 3.25. The van der Waals surface area contributed by atoms with Gasteiger partial charge in [0.05, 0.1) is 18.9 Å². The predicted molar refractivity (Wildman–Crippen MR) is 81.8 cm³/mol. The molecule has 124 valence electrons. The molecule has 0 radical (unpaired) electrons. The normalized spacial score (nSPS) is 20.8. The van der Waals surface area contributed by atoms with Gasteiger partial charge in [0.15, 0.2) is 11.5 Å². The quantitative estimate of drug-likeness (QED) is 0.640. The number of nitrogens with zero attached hydrogens (tertiary/aromatic N) is 1. The van der Waals surface area contributed by atoms with Gasteiger partial charge in [-0.15, -0.1) is 0 Å². The number of methoxy groups -OCH3 is 1.